The Morgan fingerprint density at radius 1 is 1.06 bits per heavy atom. The Morgan fingerprint density at radius 3 is 2.62 bits per heavy atom. The number of carbonyl (C=O) groups is 1. The van der Waals surface area contributed by atoms with Gasteiger partial charge in [-0.25, -0.2) is 4.79 Å². The maximum Gasteiger partial charge on any atom is 0.331 e. The number of nitrogens with zero attached hydrogens (tertiary/aromatic N) is 2. The first-order valence-electron chi connectivity index (χ1n) is 11.5. The highest BCUT2D eigenvalue weighted by Gasteiger charge is 2.15. The molecule has 0 aliphatic rings. The summed E-state index contributed by atoms with van der Waals surface area (Å²) in [6, 6.07) is 13.0. The molecule has 2 aromatic carbocycles. The summed E-state index contributed by atoms with van der Waals surface area (Å²) in [5.74, 6) is -0.0277. The Balaban J connectivity index is 1.74. The molecule has 2 heterocycles. The van der Waals surface area contributed by atoms with Crippen LogP contribution in [-0.2, 0) is 24.3 Å². The molecule has 0 aliphatic heterocycles. The quantitative estimate of drug-likeness (QED) is 0.372. The molecule has 178 valence electrons. The molecule has 0 unspecified atom stereocenters. The number of para-hydroxylation sites is 1. The Bertz CT molecular complexity index is 1440. The molecule has 2 aromatic heterocycles. The molecule has 0 aliphatic carbocycles. The molecule has 34 heavy (non-hydrogen) atoms. The fraction of sp³-hybridized carbons (Fsp3) is 0.346. The summed E-state index contributed by atoms with van der Waals surface area (Å²) in [4.78, 5) is 41.0. The van der Waals surface area contributed by atoms with Gasteiger partial charge in [0, 0.05) is 36.6 Å². The van der Waals surface area contributed by atoms with Crippen LogP contribution in [0.3, 0.4) is 0 Å². The maximum atomic E-state index is 13.4. The number of aromatic amines is 1. The third kappa shape index (κ3) is 4.90. The summed E-state index contributed by atoms with van der Waals surface area (Å²) >= 11 is 0. The van der Waals surface area contributed by atoms with E-state index in [1.165, 1.54) is 9.13 Å². The van der Waals surface area contributed by atoms with Gasteiger partial charge in [-0.1, -0.05) is 32.0 Å². The number of H-pyrrole nitrogens is 1. The molecule has 0 radical (unpaired) electrons. The van der Waals surface area contributed by atoms with Crippen molar-refractivity contribution < 1.29 is 14.6 Å². The number of benzene rings is 2. The molecule has 0 saturated heterocycles. The summed E-state index contributed by atoms with van der Waals surface area (Å²) in [6.07, 6.45) is 2.64. The van der Waals surface area contributed by atoms with Crippen molar-refractivity contribution in [3.05, 3.63) is 75.1 Å². The summed E-state index contributed by atoms with van der Waals surface area (Å²) in [7, 11) is 0. The lowest BCUT2D eigenvalue weighted by Gasteiger charge is -2.15. The van der Waals surface area contributed by atoms with E-state index in [4.69, 9.17) is 9.84 Å². The summed E-state index contributed by atoms with van der Waals surface area (Å²) < 4.78 is 8.55. The zero-order valence-corrected chi connectivity index (χ0v) is 19.4. The van der Waals surface area contributed by atoms with Crippen LogP contribution in [-0.4, -0.2) is 31.8 Å². The van der Waals surface area contributed by atoms with Crippen LogP contribution in [0.5, 0.6) is 5.75 Å². The van der Waals surface area contributed by atoms with Crippen LogP contribution in [0.4, 0.5) is 0 Å². The SMILES string of the molecule is CC(C)COc1ccc2c(c1)c(=O)n(CCc1c[nH]c3ccccc13)c(=O)n2CCCC(=O)O. The minimum absolute atomic E-state index is 0.0576. The molecule has 0 amide bonds. The van der Waals surface area contributed by atoms with Crippen LogP contribution in [0, 0.1) is 5.92 Å². The van der Waals surface area contributed by atoms with Gasteiger partial charge in [-0.05, 0) is 48.6 Å². The van der Waals surface area contributed by atoms with E-state index < -0.39 is 11.7 Å². The van der Waals surface area contributed by atoms with Crippen molar-refractivity contribution in [2.45, 2.75) is 46.2 Å². The number of aromatic nitrogens is 3. The van der Waals surface area contributed by atoms with E-state index in [1.807, 2.05) is 44.3 Å². The standard InChI is InChI=1S/C26H29N3O5/c1-17(2)16-34-19-9-10-23-21(14-19)25(32)29(26(33)28(23)12-5-8-24(30)31)13-11-18-15-27-22-7-4-3-6-20(18)22/h3-4,6-7,9-10,14-15,17,27H,5,8,11-13,16H2,1-2H3,(H,30,31). The molecule has 4 aromatic rings. The summed E-state index contributed by atoms with van der Waals surface area (Å²) in [5.41, 5.74) is 1.71. The lowest BCUT2D eigenvalue weighted by molar-refractivity contribution is -0.137. The molecule has 0 saturated carbocycles. The number of aryl methyl sites for hydroxylation is 2. The molecule has 8 heteroatoms. The minimum Gasteiger partial charge on any atom is -0.493 e. The Labute approximate surface area is 196 Å². The van der Waals surface area contributed by atoms with E-state index in [-0.39, 0.29) is 31.5 Å². The molecular weight excluding hydrogens is 434 g/mol. The summed E-state index contributed by atoms with van der Waals surface area (Å²) in [5, 5.41) is 10.5. The van der Waals surface area contributed by atoms with E-state index >= 15 is 0 Å². The number of fused-ring (bicyclic) bond motifs is 2. The van der Waals surface area contributed by atoms with Crippen molar-refractivity contribution in [1.82, 2.24) is 14.1 Å². The highest BCUT2D eigenvalue weighted by molar-refractivity contribution is 5.83. The van der Waals surface area contributed by atoms with Gasteiger partial charge in [0.2, 0.25) is 0 Å². The van der Waals surface area contributed by atoms with Crippen LogP contribution >= 0.6 is 0 Å². The van der Waals surface area contributed by atoms with Gasteiger partial charge in [0.05, 0.1) is 17.5 Å². The number of aliphatic carboxylic acids is 1. The van der Waals surface area contributed by atoms with Crippen molar-refractivity contribution in [3.63, 3.8) is 0 Å². The smallest absolute Gasteiger partial charge is 0.331 e. The first kappa shape index (κ1) is 23.4. The van der Waals surface area contributed by atoms with Crippen molar-refractivity contribution in [2.75, 3.05) is 6.61 Å². The first-order chi connectivity index (χ1) is 16.3. The third-order valence-electron chi connectivity index (χ3n) is 5.83. The van der Waals surface area contributed by atoms with Crippen molar-refractivity contribution in [3.8, 4) is 5.75 Å². The highest BCUT2D eigenvalue weighted by Crippen LogP contribution is 2.20. The molecule has 0 spiro atoms. The average molecular weight is 464 g/mol. The largest absolute Gasteiger partial charge is 0.493 e. The number of carboxylic acids is 1. The van der Waals surface area contributed by atoms with Crippen LogP contribution in [0.15, 0.2) is 58.3 Å². The normalized spacial score (nSPS) is 11.5. The number of rotatable bonds is 10. The van der Waals surface area contributed by atoms with Gasteiger partial charge in [-0.3, -0.25) is 18.7 Å². The van der Waals surface area contributed by atoms with E-state index in [1.54, 1.807) is 18.2 Å². The van der Waals surface area contributed by atoms with Gasteiger partial charge in [0.25, 0.3) is 5.56 Å². The van der Waals surface area contributed by atoms with Crippen molar-refractivity contribution >= 4 is 27.8 Å². The number of nitrogens with one attached hydrogen (secondary N) is 1. The Hall–Kier alpha value is -3.81. The number of hydrogen-bond donors (Lipinski definition) is 2. The third-order valence-corrected chi connectivity index (χ3v) is 5.83. The van der Waals surface area contributed by atoms with Gasteiger partial charge >= 0.3 is 11.7 Å². The topological polar surface area (TPSA) is 106 Å². The lowest BCUT2D eigenvalue weighted by atomic mass is 10.1. The predicted octanol–water partition coefficient (Wildman–Crippen LogP) is 3.79. The summed E-state index contributed by atoms with van der Waals surface area (Å²) in [6.45, 7) is 5.02. The monoisotopic (exact) mass is 463 g/mol. The van der Waals surface area contributed by atoms with Gasteiger partial charge in [-0.2, -0.15) is 0 Å². The van der Waals surface area contributed by atoms with Crippen LogP contribution < -0.4 is 16.0 Å². The van der Waals surface area contributed by atoms with Gasteiger partial charge < -0.3 is 14.8 Å². The first-order valence-corrected chi connectivity index (χ1v) is 11.5. The number of hydrogen-bond acceptors (Lipinski definition) is 4. The second-order valence-corrected chi connectivity index (χ2v) is 8.88. The number of carboxylic acid groups (broad SMARTS) is 1. The van der Waals surface area contributed by atoms with E-state index in [0.717, 1.165) is 16.5 Å². The lowest BCUT2D eigenvalue weighted by Crippen LogP contribution is -2.40. The second kappa shape index (κ2) is 9.99. The fourth-order valence-electron chi connectivity index (χ4n) is 4.13. The van der Waals surface area contributed by atoms with E-state index in [9.17, 15) is 14.4 Å². The molecular formula is C26H29N3O5. The Morgan fingerprint density at radius 2 is 1.85 bits per heavy atom. The minimum atomic E-state index is -0.922. The van der Waals surface area contributed by atoms with Gasteiger partial charge in [0.1, 0.15) is 5.75 Å². The van der Waals surface area contributed by atoms with Crippen LogP contribution in [0.2, 0.25) is 0 Å². The van der Waals surface area contributed by atoms with Gasteiger partial charge in [0.15, 0.2) is 0 Å². The molecule has 4 rings (SSSR count). The number of ether oxygens (including phenoxy) is 1. The van der Waals surface area contributed by atoms with Crippen molar-refractivity contribution in [1.29, 1.82) is 0 Å². The Kier molecular flexibility index (Phi) is 6.86. The molecule has 8 nitrogen and oxygen atoms in total. The fourth-order valence-corrected chi connectivity index (χ4v) is 4.13. The predicted molar refractivity (Wildman–Crippen MR) is 132 cm³/mol. The van der Waals surface area contributed by atoms with Gasteiger partial charge in [-0.15, -0.1) is 0 Å². The molecule has 0 bridgehead atoms. The van der Waals surface area contributed by atoms with E-state index in [0.29, 0.717) is 35.6 Å². The second-order valence-electron chi connectivity index (χ2n) is 8.88. The van der Waals surface area contributed by atoms with Crippen LogP contribution in [0.1, 0.15) is 32.3 Å². The zero-order valence-electron chi connectivity index (χ0n) is 19.4. The zero-order chi connectivity index (χ0) is 24.2. The molecule has 2 N–H and O–H groups in total. The highest BCUT2D eigenvalue weighted by atomic mass is 16.5. The maximum absolute atomic E-state index is 13.4. The molecule has 0 fully saturated rings. The average Bonchev–Trinajstić information content (AvgIpc) is 3.23. The molecule has 0 atom stereocenters. The van der Waals surface area contributed by atoms with Crippen molar-refractivity contribution in [2.24, 2.45) is 5.92 Å². The van der Waals surface area contributed by atoms with Crippen LogP contribution in [0.25, 0.3) is 21.8 Å². The van der Waals surface area contributed by atoms with E-state index in [2.05, 4.69) is 4.98 Å².